The van der Waals surface area contributed by atoms with Crippen LogP contribution in [-0.4, -0.2) is 29.1 Å². The molecule has 2 rings (SSSR count). The van der Waals surface area contributed by atoms with Crippen LogP contribution in [0.4, 0.5) is 5.69 Å². The van der Waals surface area contributed by atoms with Crippen molar-refractivity contribution in [3.8, 4) is 0 Å². The number of carbonyl (C=O) groups excluding carboxylic acids is 1. The summed E-state index contributed by atoms with van der Waals surface area (Å²) >= 11 is 0. The zero-order valence-electron chi connectivity index (χ0n) is 11.1. The largest absolute Gasteiger partial charge is 0.326 e. The molecule has 8 nitrogen and oxygen atoms in total. The minimum Gasteiger partial charge on any atom is -0.326 e. The number of rotatable bonds is 6. The summed E-state index contributed by atoms with van der Waals surface area (Å²) in [4.78, 5) is 15.5. The molecule has 0 radical (unpaired) electrons. The first-order valence-corrected chi connectivity index (χ1v) is 7.85. The van der Waals surface area contributed by atoms with E-state index in [1.165, 1.54) is 12.7 Å². The van der Waals surface area contributed by atoms with Gasteiger partial charge < -0.3 is 5.32 Å². The zero-order valence-corrected chi connectivity index (χ0v) is 12.0. The molecule has 3 N–H and O–H groups in total. The normalized spacial score (nSPS) is 11.3. The molecule has 1 amide bonds. The van der Waals surface area contributed by atoms with Crippen molar-refractivity contribution in [2.45, 2.75) is 18.7 Å². The van der Waals surface area contributed by atoms with E-state index in [0.29, 0.717) is 17.8 Å². The van der Waals surface area contributed by atoms with Gasteiger partial charge in [-0.1, -0.05) is 12.1 Å². The number of carbonyl (C=O) groups is 1. The van der Waals surface area contributed by atoms with E-state index in [9.17, 15) is 13.2 Å². The van der Waals surface area contributed by atoms with Crippen molar-refractivity contribution in [2.24, 2.45) is 5.14 Å². The molecule has 0 bridgehead atoms. The molecule has 1 heterocycles. The third-order valence-corrected chi connectivity index (χ3v) is 3.38. The van der Waals surface area contributed by atoms with Crippen molar-refractivity contribution >= 4 is 21.6 Å². The van der Waals surface area contributed by atoms with Gasteiger partial charge in [0.05, 0.1) is 12.3 Å². The fourth-order valence-corrected chi connectivity index (χ4v) is 2.36. The number of benzene rings is 1. The van der Waals surface area contributed by atoms with Crippen LogP contribution in [0, 0.1) is 0 Å². The summed E-state index contributed by atoms with van der Waals surface area (Å²) in [5, 5.41) is 11.6. The summed E-state index contributed by atoms with van der Waals surface area (Å²) in [5.41, 5.74) is 1.16. The monoisotopic (exact) mass is 309 g/mol. The van der Waals surface area contributed by atoms with Gasteiger partial charge in [-0.25, -0.2) is 18.5 Å². The Kier molecular flexibility index (Phi) is 4.66. The van der Waals surface area contributed by atoms with E-state index in [-0.39, 0.29) is 18.1 Å². The van der Waals surface area contributed by atoms with Crippen molar-refractivity contribution < 1.29 is 13.2 Å². The SMILES string of the molecule is NS(=O)(=O)Cc1ccc(NC(=O)CCn2cncn2)cc1. The molecule has 0 aliphatic carbocycles. The predicted octanol–water partition coefficient (Wildman–Crippen LogP) is 0.0954. The van der Waals surface area contributed by atoms with Crippen LogP contribution in [0.5, 0.6) is 0 Å². The Hall–Kier alpha value is -2.26. The van der Waals surface area contributed by atoms with Crippen LogP contribution >= 0.6 is 0 Å². The summed E-state index contributed by atoms with van der Waals surface area (Å²) in [6.07, 6.45) is 3.21. The van der Waals surface area contributed by atoms with Gasteiger partial charge in [0.1, 0.15) is 12.7 Å². The molecule has 9 heteroatoms. The van der Waals surface area contributed by atoms with Crippen molar-refractivity contribution in [1.82, 2.24) is 14.8 Å². The van der Waals surface area contributed by atoms with Gasteiger partial charge in [-0.3, -0.25) is 9.48 Å². The fourth-order valence-electron chi connectivity index (χ4n) is 1.70. The quantitative estimate of drug-likeness (QED) is 0.784. The molecule has 21 heavy (non-hydrogen) atoms. The Balaban J connectivity index is 1.86. The molecule has 0 atom stereocenters. The van der Waals surface area contributed by atoms with Crippen molar-refractivity contribution in [2.75, 3.05) is 5.32 Å². The second kappa shape index (κ2) is 6.46. The number of nitrogens with one attached hydrogen (secondary N) is 1. The van der Waals surface area contributed by atoms with Crippen LogP contribution < -0.4 is 10.5 Å². The Morgan fingerprint density at radius 2 is 2.00 bits per heavy atom. The first kappa shape index (κ1) is 15.1. The van der Waals surface area contributed by atoms with E-state index >= 15 is 0 Å². The molecular formula is C12H15N5O3S. The number of aromatic nitrogens is 3. The smallest absolute Gasteiger partial charge is 0.226 e. The van der Waals surface area contributed by atoms with Crippen molar-refractivity contribution in [1.29, 1.82) is 0 Å². The minimum atomic E-state index is -3.55. The molecule has 112 valence electrons. The highest BCUT2D eigenvalue weighted by atomic mass is 32.2. The van der Waals surface area contributed by atoms with Crippen LogP contribution in [0.15, 0.2) is 36.9 Å². The van der Waals surface area contributed by atoms with Crippen LogP contribution in [0.2, 0.25) is 0 Å². The Morgan fingerprint density at radius 1 is 1.29 bits per heavy atom. The maximum absolute atomic E-state index is 11.7. The van der Waals surface area contributed by atoms with Gasteiger partial charge in [0.15, 0.2) is 0 Å². The zero-order chi connectivity index (χ0) is 15.3. The first-order chi connectivity index (χ1) is 9.92. The highest BCUT2D eigenvalue weighted by Crippen LogP contribution is 2.11. The first-order valence-electron chi connectivity index (χ1n) is 6.14. The van der Waals surface area contributed by atoms with Crippen LogP contribution in [0.3, 0.4) is 0 Å². The molecular weight excluding hydrogens is 294 g/mol. The fraction of sp³-hybridized carbons (Fsp3) is 0.250. The molecule has 0 spiro atoms. The molecule has 0 aliphatic heterocycles. The van der Waals surface area contributed by atoms with E-state index in [1.54, 1.807) is 28.9 Å². The van der Waals surface area contributed by atoms with Crippen molar-refractivity contribution in [3.05, 3.63) is 42.5 Å². The van der Waals surface area contributed by atoms with Gasteiger partial charge in [-0.05, 0) is 17.7 Å². The van der Waals surface area contributed by atoms with Crippen LogP contribution in [-0.2, 0) is 27.1 Å². The summed E-state index contributed by atoms with van der Waals surface area (Å²) in [5.74, 6) is -0.391. The molecule has 0 aliphatic rings. The second-order valence-electron chi connectivity index (χ2n) is 4.46. The average molecular weight is 309 g/mol. The molecule has 2 aromatic rings. The minimum absolute atomic E-state index is 0.162. The highest BCUT2D eigenvalue weighted by Gasteiger charge is 2.06. The van der Waals surface area contributed by atoms with Gasteiger partial charge in [-0.2, -0.15) is 5.10 Å². The lowest BCUT2D eigenvalue weighted by Gasteiger charge is -2.06. The Bertz CT molecular complexity index is 695. The van der Waals surface area contributed by atoms with Gasteiger partial charge >= 0.3 is 0 Å². The molecule has 0 unspecified atom stereocenters. The predicted molar refractivity (Wildman–Crippen MR) is 76.5 cm³/mol. The van der Waals surface area contributed by atoms with E-state index in [0.717, 1.165) is 0 Å². The standard InChI is InChI=1S/C12H15N5O3S/c13-21(19,20)7-10-1-3-11(4-2-10)16-12(18)5-6-17-9-14-8-15-17/h1-4,8-9H,5-7H2,(H,16,18)(H2,13,19,20). The third-order valence-electron chi connectivity index (χ3n) is 2.64. The average Bonchev–Trinajstić information content (AvgIpc) is 2.90. The summed E-state index contributed by atoms with van der Waals surface area (Å²) in [6.45, 7) is 0.440. The maximum Gasteiger partial charge on any atom is 0.226 e. The Labute approximate surface area is 122 Å². The third kappa shape index (κ3) is 5.32. The van der Waals surface area contributed by atoms with Gasteiger partial charge in [0, 0.05) is 12.1 Å². The number of amides is 1. The number of anilines is 1. The molecule has 1 aromatic carbocycles. The van der Waals surface area contributed by atoms with Gasteiger partial charge in [-0.15, -0.1) is 0 Å². The van der Waals surface area contributed by atoms with Gasteiger partial charge in [0.25, 0.3) is 0 Å². The summed E-state index contributed by atoms with van der Waals surface area (Å²) in [7, 11) is -3.55. The molecule has 1 aromatic heterocycles. The van der Waals surface area contributed by atoms with E-state index in [1.807, 2.05) is 0 Å². The van der Waals surface area contributed by atoms with Crippen LogP contribution in [0.25, 0.3) is 0 Å². The topological polar surface area (TPSA) is 120 Å². The van der Waals surface area contributed by atoms with Crippen LogP contribution in [0.1, 0.15) is 12.0 Å². The molecule has 0 fully saturated rings. The number of primary sulfonamides is 1. The second-order valence-corrected chi connectivity index (χ2v) is 6.08. The maximum atomic E-state index is 11.7. The number of nitrogens with two attached hydrogens (primary N) is 1. The number of sulfonamides is 1. The Morgan fingerprint density at radius 3 is 2.57 bits per heavy atom. The number of aryl methyl sites for hydroxylation is 1. The molecule has 0 saturated carbocycles. The lowest BCUT2D eigenvalue weighted by Crippen LogP contribution is -2.15. The van der Waals surface area contributed by atoms with E-state index in [2.05, 4.69) is 15.4 Å². The van der Waals surface area contributed by atoms with Gasteiger partial charge in [0.2, 0.25) is 15.9 Å². The lowest BCUT2D eigenvalue weighted by molar-refractivity contribution is -0.116. The lowest BCUT2D eigenvalue weighted by atomic mass is 10.2. The number of hydrogen-bond acceptors (Lipinski definition) is 5. The number of nitrogens with zero attached hydrogens (tertiary/aromatic N) is 3. The summed E-state index contributed by atoms with van der Waals surface area (Å²) < 4.78 is 23.5. The highest BCUT2D eigenvalue weighted by molar-refractivity contribution is 7.88. The number of hydrogen-bond donors (Lipinski definition) is 2. The van der Waals surface area contributed by atoms with Crippen molar-refractivity contribution in [3.63, 3.8) is 0 Å². The summed E-state index contributed by atoms with van der Waals surface area (Å²) in [6, 6.07) is 6.48. The van der Waals surface area contributed by atoms with E-state index < -0.39 is 10.0 Å². The van der Waals surface area contributed by atoms with E-state index in [4.69, 9.17) is 5.14 Å². The molecule has 0 saturated heterocycles.